The lowest BCUT2D eigenvalue weighted by molar-refractivity contribution is 0.777. The Morgan fingerprint density at radius 3 is 2.74 bits per heavy atom. The number of para-hydroxylation sites is 1. The number of halogens is 1. The van der Waals surface area contributed by atoms with E-state index in [0.29, 0.717) is 6.54 Å². The van der Waals surface area contributed by atoms with Gasteiger partial charge in [0.05, 0.1) is 10.7 Å². The highest BCUT2D eigenvalue weighted by Gasteiger charge is 2.06. The van der Waals surface area contributed by atoms with E-state index in [2.05, 4.69) is 36.2 Å². The van der Waals surface area contributed by atoms with Crippen molar-refractivity contribution < 1.29 is 0 Å². The molecule has 0 aliphatic heterocycles. The van der Waals surface area contributed by atoms with Crippen LogP contribution in [-0.2, 0) is 13.0 Å². The Morgan fingerprint density at radius 2 is 2.04 bits per heavy atom. The maximum Gasteiger partial charge on any atom is 0.191 e. The lowest BCUT2D eigenvalue weighted by atomic mass is 10.3. The van der Waals surface area contributed by atoms with E-state index >= 15 is 0 Å². The lowest BCUT2D eigenvalue weighted by Crippen LogP contribution is -2.38. The number of aromatic nitrogens is 4. The van der Waals surface area contributed by atoms with Crippen molar-refractivity contribution in [3.63, 3.8) is 0 Å². The summed E-state index contributed by atoms with van der Waals surface area (Å²) in [5.74, 6) is 1.56. The molecule has 1 aromatic carbocycles. The van der Waals surface area contributed by atoms with Gasteiger partial charge in [-0.2, -0.15) is 0 Å². The molecule has 9 heteroatoms. The van der Waals surface area contributed by atoms with Gasteiger partial charge in [-0.1, -0.05) is 18.2 Å². The van der Waals surface area contributed by atoms with Gasteiger partial charge < -0.3 is 10.6 Å². The summed E-state index contributed by atoms with van der Waals surface area (Å²) in [6, 6.07) is 10.0. The Balaban J connectivity index is 0.00000261. The Bertz CT molecular complexity index is 844. The Hall–Kier alpha value is -2.01. The van der Waals surface area contributed by atoms with Crippen molar-refractivity contribution in [2.45, 2.75) is 26.8 Å². The van der Waals surface area contributed by atoms with Crippen molar-refractivity contribution in [3.05, 3.63) is 58.6 Å². The number of aliphatic imine (C=N–C) groups is 1. The normalized spacial score (nSPS) is 11.1. The fourth-order valence-corrected chi connectivity index (χ4v) is 3.14. The van der Waals surface area contributed by atoms with Crippen LogP contribution >= 0.6 is 35.3 Å². The minimum absolute atomic E-state index is 0. The van der Waals surface area contributed by atoms with E-state index in [1.807, 2.05) is 48.7 Å². The lowest BCUT2D eigenvalue weighted by Gasteiger charge is -2.11. The Kier molecular flexibility index (Phi) is 8.65. The summed E-state index contributed by atoms with van der Waals surface area (Å²) in [5.41, 5.74) is 2.14. The highest BCUT2D eigenvalue weighted by atomic mass is 127. The summed E-state index contributed by atoms with van der Waals surface area (Å²) in [4.78, 5) is 9.11. The second-order valence-corrected chi connectivity index (χ2v) is 6.74. The van der Waals surface area contributed by atoms with Gasteiger partial charge in [-0.25, -0.2) is 9.98 Å². The van der Waals surface area contributed by atoms with Gasteiger partial charge in [0.15, 0.2) is 11.8 Å². The average Bonchev–Trinajstić information content (AvgIpc) is 3.29. The van der Waals surface area contributed by atoms with E-state index in [4.69, 9.17) is 0 Å². The summed E-state index contributed by atoms with van der Waals surface area (Å²) < 4.78 is 1.95. The zero-order valence-electron chi connectivity index (χ0n) is 15.4. The van der Waals surface area contributed by atoms with Crippen molar-refractivity contribution in [2.24, 2.45) is 4.99 Å². The Labute approximate surface area is 180 Å². The third-order valence-electron chi connectivity index (χ3n) is 3.72. The van der Waals surface area contributed by atoms with Crippen LogP contribution in [0, 0.1) is 6.92 Å². The fourth-order valence-electron chi connectivity index (χ4n) is 2.49. The van der Waals surface area contributed by atoms with Crippen molar-refractivity contribution in [1.29, 1.82) is 0 Å². The van der Waals surface area contributed by atoms with Crippen molar-refractivity contribution in [3.8, 4) is 5.69 Å². The van der Waals surface area contributed by atoms with E-state index in [1.165, 1.54) is 0 Å². The van der Waals surface area contributed by atoms with E-state index in [9.17, 15) is 0 Å². The summed E-state index contributed by atoms with van der Waals surface area (Å²) in [6.45, 7) is 6.09. The molecule has 7 nitrogen and oxygen atoms in total. The van der Waals surface area contributed by atoms with Gasteiger partial charge in [0.1, 0.15) is 12.9 Å². The molecular weight excluding hydrogens is 473 g/mol. The van der Waals surface area contributed by atoms with Crippen molar-refractivity contribution in [2.75, 3.05) is 13.1 Å². The first-order chi connectivity index (χ1) is 12.8. The van der Waals surface area contributed by atoms with Crippen molar-refractivity contribution in [1.82, 2.24) is 30.4 Å². The fraction of sp³-hybridized carbons (Fsp3) is 0.333. The number of nitrogens with one attached hydrogen (secondary N) is 2. The van der Waals surface area contributed by atoms with Gasteiger partial charge in [0.25, 0.3) is 0 Å². The van der Waals surface area contributed by atoms with Crippen molar-refractivity contribution >= 4 is 41.3 Å². The largest absolute Gasteiger partial charge is 0.357 e. The number of nitrogens with zero attached hydrogens (tertiary/aromatic N) is 5. The first-order valence-electron chi connectivity index (χ1n) is 8.63. The number of thiazole rings is 1. The average molecular weight is 497 g/mol. The van der Waals surface area contributed by atoms with E-state index in [0.717, 1.165) is 47.7 Å². The van der Waals surface area contributed by atoms with Crippen LogP contribution in [-0.4, -0.2) is 38.8 Å². The molecule has 0 aliphatic rings. The van der Waals surface area contributed by atoms with Gasteiger partial charge in [-0.15, -0.1) is 45.5 Å². The quantitative estimate of drug-likeness (QED) is 0.298. The number of aryl methyl sites for hydroxylation is 1. The molecule has 0 radical (unpaired) electrons. The first-order valence-corrected chi connectivity index (χ1v) is 9.51. The SMILES string of the molecule is CCNC(=NCc1nncn1-c1ccccc1)NCCc1csc(C)n1.I. The Morgan fingerprint density at radius 1 is 1.22 bits per heavy atom. The van der Waals surface area contributed by atoms with Crippen LogP contribution in [0.4, 0.5) is 0 Å². The molecule has 0 atom stereocenters. The van der Waals surface area contributed by atoms with Crippen LogP contribution < -0.4 is 10.6 Å². The second-order valence-electron chi connectivity index (χ2n) is 5.68. The number of hydrogen-bond acceptors (Lipinski definition) is 5. The highest BCUT2D eigenvalue weighted by molar-refractivity contribution is 14.0. The molecule has 0 spiro atoms. The van der Waals surface area contributed by atoms with Crippen LogP contribution in [0.2, 0.25) is 0 Å². The number of hydrogen-bond donors (Lipinski definition) is 2. The molecule has 0 bridgehead atoms. The predicted octanol–water partition coefficient (Wildman–Crippen LogP) is 2.95. The molecule has 0 aliphatic carbocycles. The highest BCUT2D eigenvalue weighted by Crippen LogP contribution is 2.10. The smallest absolute Gasteiger partial charge is 0.191 e. The maximum absolute atomic E-state index is 4.63. The zero-order valence-corrected chi connectivity index (χ0v) is 18.6. The van der Waals surface area contributed by atoms with E-state index < -0.39 is 0 Å². The molecular formula is C18H24IN7S. The minimum Gasteiger partial charge on any atom is -0.357 e. The van der Waals surface area contributed by atoms with Crippen LogP contribution in [0.1, 0.15) is 23.4 Å². The predicted molar refractivity (Wildman–Crippen MR) is 120 cm³/mol. The van der Waals surface area contributed by atoms with Crippen LogP contribution in [0.3, 0.4) is 0 Å². The topological polar surface area (TPSA) is 80.0 Å². The molecule has 2 N–H and O–H groups in total. The van der Waals surface area contributed by atoms with E-state index in [1.54, 1.807) is 17.7 Å². The monoisotopic (exact) mass is 497 g/mol. The van der Waals surface area contributed by atoms with Crippen LogP contribution in [0.25, 0.3) is 5.69 Å². The number of rotatable bonds is 7. The molecule has 0 amide bonds. The third kappa shape index (κ3) is 6.28. The number of guanidine groups is 1. The zero-order chi connectivity index (χ0) is 18.2. The summed E-state index contributed by atoms with van der Waals surface area (Å²) in [6.07, 6.45) is 2.58. The van der Waals surface area contributed by atoms with E-state index in [-0.39, 0.29) is 24.0 Å². The molecule has 0 fully saturated rings. The maximum atomic E-state index is 4.63. The summed E-state index contributed by atoms with van der Waals surface area (Å²) in [5, 5.41) is 18.0. The molecule has 3 rings (SSSR count). The minimum atomic E-state index is 0. The molecule has 2 heterocycles. The second kappa shape index (κ2) is 11.0. The molecule has 144 valence electrons. The summed E-state index contributed by atoms with van der Waals surface area (Å²) in [7, 11) is 0. The first kappa shape index (κ1) is 21.3. The van der Waals surface area contributed by atoms with Gasteiger partial charge in [-0.3, -0.25) is 4.57 Å². The molecule has 0 saturated heterocycles. The van der Waals surface area contributed by atoms with Gasteiger partial charge in [0, 0.05) is 30.6 Å². The van der Waals surface area contributed by atoms with Crippen LogP contribution in [0.5, 0.6) is 0 Å². The molecule has 27 heavy (non-hydrogen) atoms. The summed E-state index contributed by atoms with van der Waals surface area (Å²) >= 11 is 1.68. The molecule has 3 aromatic rings. The van der Waals surface area contributed by atoms with Gasteiger partial charge in [0.2, 0.25) is 0 Å². The van der Waals surface area contributed by atoms with Gasteiger partial charge in [-0.05, 0) is 26.0 Å². The number of benzene rings is 1. The third-order valence-corrected chi connectivity index (χ3v) is 4.54. The molecule has 0 saturated carbocycles. The molecule has 2 aromatic heterocycles. The standard InChI is InChI=1S/C18H23N7S.HI/c1-3-19-18(20-10-9-15-12-26-14(2)23-15)21-11-17-24-22-13-25(17)16-7-5-4-6-8-16;/h4-8,12-13H,3,9-11H2,1-2H3,(H2,19,20,21);1H. The van der Waals surface area contributed by atoms with Gasteiger partial charge >= 0.3 is 0 Å². The molecule has 0 unspecified atom stereocenters. The van der Waals surface area contributed by atoms with Crippen LogP contribution in [0.15, 0.2) is 47.0 Å².